The molecule has 4 nitrogen and oxygen atoms in total. The van der Waals surface area contributed by atoms with E-state index < -0.39 is 6.17 Å². The van der Waals surface area contributed by atoms with Crippen LogP contribution < -0.4 is 15.1 Å². The molecule has 0 spiro atoms. The second-order valence-corrected chi connectivity index (χ2v) is 12.4. The standard InChI is InChI=1S/C39H28N4S/c1-3-12-25(13-4-1)27-16-11-17-28(24-27)38-40-37(26-14-5-2-6-15-26)41-39(42-38)43-33-20-9-7-18-29(33)31-22-23-32-30-19-8-10-21-34(30)44-36(32)35(31)43/h1-7,9,11-24,38H,8,10H2,(H,40,41,42). The highest BCUT2D eigenvalue weighted by molar-refractivity contribution is 7.18. The molecule has 2 aromatic heterocycles. The molecule has 1 unspecified atom stereocenters. The molecule has 44 heavy (non-hydrogen) atoms. The normalized spacial score (nSPS) is 16.1. The Bertz CT molecular complexity index is 2410. The Kier molecular flexibility index (Phi) is 5.84. The molecule has 0 amide bonds. The second-order valence-electron chi connectivity index (χ2n) is 11.3. The summed E-state index contributed by atoms with van der Waals surface area (Å²) in [5, 5.41) is 8.83. The predicted octanol–water partition coefficient (Wildman–Crippen LogP) is 7.98. The summed E-state index contributed by atoms with van der Waals surface area (Å²) < 4.78 is 5.01. The maximum atomic E-state index is 5.36. The van der Waals surface area contributed by atoms with Gasteiger partial charge in [0.05, 0.1) is 15.7 Å². The fraction of sp³-hybridized carbons (Fsp3) is 0.0769. The van der Waals surface area contributed by atoms with Gasteiger partial charge in [-0.05, 0) is 46.9 Å². The highest BCUT2D eigenvalue weighted by Gasteiger charge is 2.25. The van der Waals surface area contributed by atoms with Crippen molar-refractivity contribution in [1.29, 1.82) is 0 Å². The lowest BCUT2D eigenvalue weighted by Gasteiger charge is -2.24. The molecule has 9 rings (SSSR count). The summed E-state index contributed by atoms with van der Waals surface area (Å²) in [6.07, 6.45) is 6.58. The third-order valence-corrected chi connectivity index (χ3v) is 9.90. The van der Waals surface area contributed by atoms with E-state index in [1.165, 1.54) is 41.7 Å². The number of benzene rings is 5. The van der Waals surface area contributed by atoms with Gasteiger partial charge in [0.25, 0.3) is 0 Å². The van der Waals surface area contributed by atoms with Gasteiger partial charge in [0.2, 0.25) is 5.96 Å². The van der Waals surface area contributed by atoms with Crippen molar-refractivity contribution in [3.8, 4) is 11.1 Å². The summed E-state index contributed by atoms with van der Waals surface area (Å²) in [6.45, 7) is 0. The summed E-state index contributed by atoms with van der Waals surface area (Å²) in [6, 6.07) is 42.8. The Balaban J connectivity index is 1.31. The fourth-order valence-corrected chi connectivity index (χ4v) is 7.93. The number of para-hydroxylation sites is 1. The summed E-state index contributed by atoms with van der Waals surface area (Å²) in [5.74, 6) is 1.60. The lowest BCUT2D eigenvalue weighted by atomic mass is 10.0. The van der Waals surface area contributed by atoms with Crippen molar-refractivity contribution in [2.75, 3.05) is 0 Å². The Morgan fingerprint density at radius 1 is 0.636 bits per heavy atom. The number of fused-ring (bicyclic) bond motifs is 7. The molecule has 0 saturated heterocycles. The van der Waals surface area contributed by atoms with E-state index in [1.807, 2.05) is 17.4 Å². The number of thiophene rings is 1. The Morgan fingerprint density at radius 2 is 1.36 bits per heavy atom. The molecule has 0 bridgehead atoms. The zero-order valence-corrected chi connectivity index (χ0v) is 24.8. The van der Waals surface area contributed by atoms with Gasteiger partial charge in [-0.25, -0.2) is 9.98 Å². The first-order valence-electron chi connectivity index (χ1n) is 15.1. The van der Waals surface area contributed by atoms with E-state index in [-0.39, 0.29) is 0 Å². The molecule has 5 aromatic carbocycles. The van der Waals surface area contributed by atoms with Gasteiger partial charge in [-0.3, -0.25) is 4.57 Å². The fourth-order valence-electron chi connectivity index (χ4n) is 6.62. The van der Waals surface area contributed by atoms with Gasteiger partial charge in [-0.2, -0.15) is 0 Å². The molecular weight excluding hydrogens is 557 g/mol. The van der Waals surface area contributed by atoms with Crippen molar-refractivity contribution >= 4 is 67.2 Å². The van der Waals surface area contributed by atoms with Crippen LogP contribution in [0.2, 0.25) is 0 Å². The SMILES string of the molecule is C1=c2sc3c(ccc4c5ccccc5n(C5=NC(c6cccc(-c7ccccc7)c6)N=C(c6ccccc6)N5)c43)c2=CCC1. The molecular formula is C39H28N4S. The summed E-state index contributed by atoms with van der Waals surface area (Å²) >= 11 is 1.90. The number of nitrogens with one attached hydrogen (secondary N) is 1. The lowest BCUT2D eigenvalue weighted by Crippen LogP contribution is -2.39. The minimum atomic E-state index is -0.404. The number of rotatable bonds is 3. The van der Waals surface area contributed by atoms with Gasteiger partial charge in [0, 0.05) is 26.3 Å². The zero-order valence-electron chi connectivity index (χ0n) is 23.9. The Labute approximate surface area is 258 Å². The monoisotopic (exact) mass is 584 g/mol. The minimum absolute atomic E-state index is 0.404. The first kappa shape index (κ1) is 25.3. The Hall–Kier alpha value is -5.26. The van der Waals surface area contributed by atoms with E-state index >= 15 is 0 Å². The number of hydrogen-bond acceptors (Lipinski definition) is 4. The first-order chi connectivity index (χ1) is 21.8. The molecule has 5 heteroatoms. The van der Waals surface area contributed by atoms with Crippen LogP contribution in [0.15, 0.2) is 131 Å². The smallest absolute Gasteiger partial charge is 0.211 e. The van der Waals surface area contributed by atoms with E-state index in [0.29, 0.717) is 0 Å². The number of hydrogen-bond donors (Lipinski definition) is 1. The van der Waals surface area contributed by atoms with Gasteiger partial charge >= 0.3 is 0 Å². The molecule has 1 aliphatic heterocycles. The molecule has 2 aliphatic rings. The van der Waals surface area contributed by atoms with E-state index in [0.717, 1.165) is 46.8 Å². The third-order valence-electron chi connectivity index (χ3n) is 8.68. The molecule has 0 fully saturated rings. The van der Waals surface area contributed by atoms with Crippen LogP contribution in [-0.4, -0.2) is 16.4 Å². The highest BCUT2D eigenvalue weighted by atomic mass is 32.1. The number of aliphatic imine (C=N–C) groups is 2. The summed E-state index contributed by atoms with van der Waals surface area (Å²) in [4.78, 5) is 10.6. The van der Waals surface area contributed by atoms with Gasteiger partial charge in [-0.15, -0.1) is 11.3 Å². The van der Waals surface area contributed by atoms with E-state index in [4.69, 9.17) is 9.98 Å². The van der Waals surface area contributed by atoms with Gasteiger partial charge in [0.15, 0.2) is 6.17 Å². The van der Waals surface area contributed by atoms with E-state index in [1.54, 1.807) is 0 Å². The van der Waals surface area contributed by atoms with Crippen molar-refractivity contribution in [1.82, 2.24) is 9.88 Å². The number of amidine groups is 1. The summed E-state index contributed by atoms with van der Waals surface area (Å²) in [5.41, 5.74) is 6.75. The molecule has 1 aliphatic carbocycles. The van der Waals surface area contributed by atoms with Gasteiger partial charge < -0.3 is 5.32 Å². The lowest BCUT2D eigenvalue weighted by molar-refractivity contribution is 0.746. The van der Waals surface area contributed by atoms with Gasteiger partial charge in [-0.1, -0.05) is 121 Å². The summed E-state index contributed by atoms with van der Waals surface area (Å²) in [7, 11) is 0. The second kappa shape index (κ2) is 10.2. The van der Waals surface area contributed by atoms with Crippen LogP contribution in [0.5, 0.6) is 0 Å². The average Bonchev–Trinajstić information content (AvgIpc) is 3.65. The molecule has 0 radical (unpaired) electrons. The number of aromatic nitrogens is 1. The van der Waals surface area contributed by atoms with Crippen molar-refractivity contribution in [3.63, 3.8) is 0 Å². The van der Waals surface area contributed by atoms with Crippen LogP contribution in [0.1, 0.15) is 30.1 Å². The molecule has 1 N–H and O–H groups in total. The van der Waals surface area contributed by atoms with Crippen LogP contribution in [0.25, 0.3) is 55.2 Å². The third kappa shape index (κ3) is 4.04. The van der Waals surface area contributed by atoms with Gasteiger partial charge in [0.1, 0.15) is 5.84 Å². The topological polar surface area (TPSA) is 41.7 Å². The van der Waals surface area contributed by atoms with Crippen molar-refractivity contribution in [2.24, 2.45) is 9.98 Å². The van der Waals surface area contributed by atoms with Crippen LogP contribution in [-0.2, 0) is 0 Å². The predicted molar refractivity (Wildman–Crippen MR) is 186 cm³/mol. The van der Waals surface area contributed by atoms with Crippen LogP contribution in [0.4, 0.5) is 0 Å². The van der Waals surface area contributed by atoms with Crippen LogP contribution in [0.3, 0.4) is 0 Å². The zero-order chi connectivity index (χ0) is 29.0. The molecule has 0 saturated carbocycles. The van der Waals surface area contributed by atoms with Crippen LogP contribution in [0, 0.1) is 0 Å². The largest absolute Gasteiger partial charge is 0.310 e. The first-order valence-corrected chi connectivity index (χ1v) is 15.9. The van der Waals surface area contributed by atoms with E-state index in [2.05, 4.69) is 137 Å². The number of nitrogens with zero attached hydrogens (tertiary/aromatic N) is 3. The molecule has 1 atom stereocenters. The highest BCUT2D eigenvalue weighted by Crippen LogP contribution is 2.36. The van der Waals surface area contributed by atoms with Crippen LogP contribution >= 0.6 is 11.3 Å². The molecule has 7 aromatic rings. The maximum absolute atomic E-state index is 5.36. The van der Waals surface area contributed by atoms with Crippen molar-refractivity contribution < 1.29 is 0 Å². The van der Waals surface area contributed by atoms with Crippen molar-refractivity contribution in [2.45, 2.75) is 19.0 Å². The Morgan fingerprint density at radius 3 is 2.23 bits per heavy atom. The average molecular weight is 585 g/mol. The molecule has 3 heterocycles. The quantitative estimate of drug-likeness (QED) is 0.225. The maximum Gasteiger partial charge on any atom is 0.211 e. The van der Waals surface area contributed by atoms with Crippen molar-refractivity contribution in [3.05, 3.63) is 142 Å². The molecule has 210 valence electrons. The minimum Gasteiger partial charge on any atom is -0.310 e. The van der Waals surface area contributed by atoms with E-state index in [9.17, 15) is 0 Å².